The van der Waals surface area contributed by atoms with Crippen molar-refractivity contribution in [3.05, 3.63) is 146 Å². The maximum Gasteiger partial charge on any atom is 0.0987 e. The van der Waals surface area contributed by atoms with Crippen LogP contribution in [-0.2, 0) is 0 Å². The van der Waals surface area contributed by atoms with E-state index >= 15 is 0 Å². The lowest BCUT2D eigenvalue weighted by Gasteiger charge is -2.13. The van der Waals surface area contributed by atoms with E-state index in [9.17, 15) is 0 Å². The van der Waals surface area contributed by atoms with Gasteiger partial charge in [0.2, 0.25) is 0 Å². The van der Waals surface area contributed by atoms with Crippen molar-refractivity contribution in [1.29, 1.82) is 0 Å². The minimum Gasteiger partial charge on any atom is -0.256 e. The summed E-state index contributed by atoms with van der Waals surface area (Å²) < 4.78 is 0. The summed E-state index contributed by atoms with van der Waals surface area (Å²) in [7, 11) is 0. The highest BCUT2D eigenvalue weighted by Gasteiger charge is 2.16. The Morgan fingerprint density at radius 3 is 1.09 bits per heavy atom. The molecule has 44 heavy (non-hydrogen) atoms. The third-order valence-corrected chi connectivity index (χ3v) is 7.66. The first-order chi connectivity index (χ1) is 21.8. The van der Waals surface area contributed by atoms with Gasteiger partial charge in [-0.1, -0.05) is 36.4 Å². The lowest BCUT2D eigenvalue weighted by Crippen LogP contribution is -1.95. The summed E-state index contributed by atoms with van der Waals surface area (Å²) in [5.41, 5.74) is 10.8. The highest BCUT2D eigenvalue weighted by molar-refractivity contribution is 5.95. The van der Waals surface area contributed by atoms with E-state index in [0.717, 1.165) is 78.2 Å². The van der Waals surface area contributed by atoms with Crippen LogP contribution in [-0.4, -0.2) is 29.9 Å². The average Bonchev–Trinajstić information content (AvgIpc) is 3.11. The quantitative estimate of drug-likeness (QED) is 0.208. The minimum absolute atomic E-state index is 0.812. The lowest BCUT2D eigenvalue weighted by molar-refractivity contribution is 1.26. The number of benzene rings is 2. The smallest absolute Gasteiger partial charge is 0.0987 e. The molecular weight excluding hydrogens is 540 g/mol. The SMILES string of the molecule is c1ccc(-c2cc3cc(-c4ccc5nc(-c6ccccn6)c(-c6ccccn6)cc5c4)ccc3nc2-c2ccccn2)nc1. The van der Waals surface area contributed by atoms with E-state index in [1.165, 1.54) is 0 Å². The number of hydrogen-bond acceptors (Lipinski definition) is 6. The van der Waals surface area contributed by atoms with Gasteiger partial charge in [-0.15, -0.1) is 0 Å². The molecule has 0 radical (unpaired) electrons. The maximum absolute atomic E-state index is 5.06. The van der Waals surface area contributed by atoms with Crippen molar-refractivity contribution in [3.8, 4) is 56.4 Å². The van der Waals surface area contributed by atoms with Gasteiger partial charge in [0.1, 0.15) is 0 Å². The molecule has 8 rings (SSSR count). The van der Waals surface area contributed by atoms with Gasteiger partial charge in [0.25, 0.3) is 0 Å². The van der Waals surface area contributed by atoms with Crippen LogP contribution < -0.4 is 0 Å². The third kappa shape index (κ3) is 4.74. The second-order valence-corrected chi connectivity index (χ2v) is 10.4. The molecule has 0 saturated carbocycles. The molecule has 8 aromatic rings. The van der Waals surface area contributed by atoms with Crippen molar-refractivity contribution in [2.24, 2.45) is 0 Å². The summed E-state index contributed by atoms with van der Waals surface area (Å²) in [6.45, 7) is 0. The molecule has 0 aliphatic carbocycles. The fraction of sp³-hybridized carbons (Fsp3) is 0. The van der Waals surface area contributed by atoms with Crippen LogP contribution in [0.1, 0.15) is 0 Å². The molecule has 0 saturated heterocycles. The first kappa shape index (κ1) is 25.6. The Hall–Kier alpha value is -6.14. The first-order valence-corrected chi connectivity index (χ1v) is 14.4. The fourth-order valence-electron chi connectivity index (χ4n) is 5.54. The van der Waals surface area contributed by atoms with E-state index in [1.807, 2.05) is 72.8 Å². The number of aromatic nitrogens is 6. The van der Waals surface area contributed by atoms with Gasteiger partial charge >= 0.3 is 0 Å². The van der Waals surface area contributed by atoms with Gasteiger partial charge in [0, 0.05) is 46.7 Å². The van der Waals surface area contributed by atoms with Crippen LogP contribution >= 0.6 is 0 Å². The molecule has 6 nitrogen and oxygen atoms in total. The highest BCUT2D eigenvalue weighted by atomic mass is 14.8. The molecule has 206 valence electrons. The van der Waals surface area contributed by atoms with Crippen LogP contribution in [0.4, 0.5) is 0 Å². The van der Waals surface area contributed by atoms with Gasteiger partial charge in [-0.25, -0.2) is 9.97 Å². The molecule has 0 bridgehead atoms. The lowest BCUT2D eigenvalue weighted by atomic mass is 9.97. The number of hydrogen-bond donors (Lipinski definition) is 0. The topological polar surface area (TPSA) is 77.3 Å². The molecule has 0 atom stereocenters. The molecule has 6 heterocycles. The predicted octanol–water partition coefficient (Wildman–Crippen LogP) is 8.70. The summed E-state index contributed by atoms with van der Waals surface area (Å²) in [5.74, 6) is 0. The number of pyridine rings is 6. The third-order valence-electron chi connectivity index (χ3n) is 7.66. The van der Waals surface area contributed by atoms with Gasteiger partial charge in [0.15, 0.2) is 0 Å². The largest absolute Gasteiger partial charge is 0.256 e. The summed E-state index contributed by atoms with van der Waals surface area (Å²) >= 11 is 0. The Kier molecular flexibility index (Phi) is 6.35. The van der Waals surface area contributed by atoms with Crippen LogP contribution in [0.2, 0.25) is 0 Å². The molecule has 6 heteroatoms. The van der Waals surface area contributed by atoms with Crippen LogP contribution in [0, 0.1) is 0 Å². The fourth-order valence-corrected chi connectivity index (χ4v) is 5.54. The van der Waals surface area contributed by atoms with Gasteiger partial charge in [-0.05, 0) is 96.1 Å². The van der Waals surface area contributed by atoms with E-state index in [0.29, 0.717) is 0 Å². The molecule has 0 aliphatic heterocycles. The molecule has 0 N–H and O–H groups in total. The predicted molar refractivity (Wildman–Crippen MR) is 175 cm³/mol. The average molecular weight is 565 g/mol. The van der Waals surface area contributed by atoms with Gasteiger partial charge < -0.3 is 0 Å². The van der Waals surface area contributed by atoms with Crippen molar-refractivity contribution in [1.82, 2.24) is 29.9 Å². The van der Waals surface area contributed by atoms with Crippen LogP contribution in [0.3, 0.4) is 0 Å². The van der Waals surface area contributed by atoms with Gasteiger partial charge in [0.05, 0.1) is 45.2 Å². The highest BCUT2D eigenvalue weighted by Crippen LogP contribution is 2.36. The molecular formula is C38H24N6. The summed E-state index contributed by atoms with van der Waals surface area (Å²) in [4.78, 5) is 28.6. The van der Waals surface area contributed by atoms with E-state index < -0.39 is 0 Å². The molecule has 0 fully saturated rings. The van der Waals surface area contributed by atoms with E-state index in [2.05, 4.69) is 68.5 Å². The summed E-state index contributed by atoms with van der Waals surface area (Å²) in [5, 5.41) is 2.06. The second kappa shape index (κ2) is 10.9. The number of nitrogens with zero attached hydrogens (tertiary/aromatic N) is 6. The monoisotopic (exact) mass is 564 g/mol. The van der Waals surface area contributed by atoms with Gasteiger partial charge in [-0.2, -0.15) is 0 Å². The molecule has 0 unspecified atom stereocenters. The zero-order valence-corrected chi connectivity index (χ0v) is 23.5. The Morgan fingerprint density at radius 1 is 0.341 bits per heavy atom. The second-order valence-electron chi connectivity index (χ2n) is 10.4. The molecule has 6 aromatic heterocycles. The van der Waals surface area contributed by atoms with Crippen molar-refractivity contribution in [3.63, 3.8) is 0 Å². The molecule has 0 aliphatic rings. The van der Waals surface area contributed by atoms with Gasteiger partial charge in [-0.3, -0.25) is 19.9 Å². The van der Waals surface area contributed by atoms with Crippen LogP contribution in [0.25, 0.3) is 78.2 Å². The summed E-state index contributed by atoms with van der Waals surface area (Å²) in [6.07, 6.45) is 7.19. The van der Waals surface area contributed by atoms with Crippen molar-refractivity contribution in [2.75, 3.05) is 0 Å². The van der Waals surface area contributed by atoms with E-state index in [4.69, 9.17) is 9.97 Å². The Bertz CT molecular complexity index is 2090. The minimum atomic E-state index is 0.812. The molecule has 2 aromatic carbocycles. The molecule has 0 spiro atoms. The van der Waals surface area contributed by atoms with Crippen molar-refractivity contribution < 1.29 is 0 Å². The van der Waals surface area contributed by atoms with E-state index in [-0.39, 0.29) is 0 Å². The first-order valence-electron chi connectivity index (χ1n) is 14.4. The normalized spacial score (nSPS) is 11.2. The molecule has 0 amide bonds. The van der Waals surface area contributed by atoms with Crippen molar-refractivity contribution in [2.45, 2.75) is 0 Å². The zero-order chi connectivity index (χ0) is 29.3. The number of rotatable bonds is 5. The zero-order valence-electron chi connectivity index (χ0n) is 23.5. The van der Waals surface area contributed by atoms with Crippen LogP contribution in [0.5, 0.6) is 0 Å². The number of fused-ring (bicyclic) bond motifs is 2. The summed E-state index contributed by atoms with van der Waals surface area (Å²) in [6, 6.07) is 40.7. The Morgan fingerprint density at radius 2 is 0.727 bits per heavy atom. The Balaban J connectivity index is 1.27. The Labute approximate surface area is 253 Å². The maximum atomic E-state index is 5.06. The van der Waals surface area contributed by atoms with Crippen molar-refractivity contribution >= 4 is 21.8 Å². The van der Waals surface area contributed by atoms with E-state index in [1.54, 1.807) is 24.8 Å². The van der Waals surface area contributed by atoms with Crippen LogP contribution in [0.15, 0.2) is 146 Å². The standard InChI is InChI=1S/C38H24N6/c1-5-17-39-33(9-1)29-23-27-21-25(13-15-31(27)43-37(29)35-11-3-7-19-41-35)26-14-16-32-28(22-26)24-30(34-10-2-6-18-40-34)38(44-32)36-12-4-8-20-42-36/h1-24H.